The number of fused-ring (bicyclic) bond motifs is 6. The molecular formula is C65H51BN3O. The number of para-hydroxylation sites is 3. The summed E-state index contributed by atoms with van der Waals surface area (Å²) in [4.78, 5) is 4.86. The summed E-state index contributed by atoms with van der Waals surface area (Å²) in [5.41, 5.74) is 21.7. The van der Waals surface area contributed by atoms with Crippen molar-refractivity contribution in [3.05, 3.63) is 242 Å². The Balaban J connectivity index is 1.14. The van der Waals surface area contributed by atoms with Crippen molar-refractivity contribution in [2.45, 2.75) is 33.1 Å². The van der Waals surface area contributed by atoms with Gasteiger partial charge in [0.05, 0.1) is 11.1 Å². The highest BCUT2D eigenvalue weighted by Crippen LogP contribution is 2.49. The molecule has 0 amide bonds. The van der Waals surface area contributed by atoms with Crippen LogP contribution < -0.4 is 26.0 Å². The van der Waals surface area contributed by atoms with E-state index in [0.717, 1.165) is 95.1 Å². The van der Waals surface area contributed by atoms with Crippen LogP contribution in [0.1, 0.15) is 31.9 Å². The Hall–Kier alpha value is -8.54. The van der Waals surface area contributed by atoms with Gasteiger partial charge in [-0.1, -0.05) is 178 Å². The maximum atomic E-state index is 7.00. The summed E-state index contributed by atoms with van der Waals surface area (Å²) in [7, 11) is 2.41. The quantitative estimate of drug-likeness (QED) is 0.146. The third kappa shape index (κ3) is 7.80. The molecule has 5 heteroatoms. The van der Waals surface area contributed by atoms with Gasteiger partial charge in [0.25, 0.3) is 0 Å². The normalized spacial score (nSPS) is 12.1. The molecule has 2 heterocycles. The van der Waals surface area contributed by atoms with E-state index in [1.165, 1.54) is 27.8 Å². The third-order valence-corrected chi connectivity index (χ3v) is 13.7. The van der Waals surface area contributed by atoms with E-state index in [1.54, 1.807) is 0 Å². The van der Waals surface area contributed by atoms with Gasteiger partial charge in [-0.3, -0.25) is 0 Å². The third-order valence-electron chi connectivity index (χ3n) is 13.7. The molecule has 0 bridgehead atoms. The molecule has 1 aliphatic heterocycles. The average Bonchev–Trinajstić information content (AvgIpc) is 3.78. The van der Waals surface area contributed by atoms with E-state index in [9.17, 15) is 0 Å². The van der Waals surface area contributed by atoms with Crippen LogP contribution in [-0.4, -0.2) is 7.28 Å². The first-order valence-corrected chi connectivity index (χ1v) is 24.2. The molecule has 1 radical (unpaired) electrons. The van der Waals surface area contributed by atoms with Gasteiger partial charge in [-0.25, -0.2) is 0 Å². The molecule has 335 valence electrons. The van der Waals surface area contributed by atoms with Gasteiger partial charge in [-0.2, -0.15) is 0 Å². The molecule has 0 saturated heterocycles. The summed E-state index contributed by atoms with van der Waals surface area (Å²) < 4.78 is 7.00. The van der Waals surface area contributed by atoms with Crippen molar-refractivity contribution >= 4 is 85.6 Å². The van der Waals surface area contributed by atoms with Crippen LogP contribution in [0.2, 0.25) is 0 Å². The number of furan rings is 1. The number of anilines is 8. The Morgan fingerprint density at radius 2 is 1.09 bits per heavy atom. The lowest BCUT2D eigenvalue weighted by Crippen LogP contribution is -2.41. The zero-order chi connectivity index (χ0) is 47.3. The highest BCUT2D eigenvalue weighted by Gasteiger charge is 2.33. The van der Waals surface area contributed by atoms with Crippen molar-refractivity contribution in [3.63, 3.8) is 0 Å². The molecule has 10 aromatic carbocycles. The van der Waals surface area contributed by atoms with Crippen molar-refractivity contribution in [2.24, 2.45) is 0 Å². The van der Waals surface area contributed by atoms with Crippen LogP contribution in [0.25, 0.3) is 55.3 Å². The number of hydrogen-bond donors (Lipinski definition) is 1. The summed E-state index contributed by atoms with van der Waals surface area (Å²) in [6.07, 6.45) is 0. The fourth-order valence-electron chi connectivity index (χ4n) is 10.2. The number of rotatable bonds is 9. The molecule has 0 spiro atoms. The van der Waals surface area contributed by atoms with Crippen molar-refractivity contribution in [1.82, 2.24) is 0 Å². The lowest BCUT2D eigenvalue weighted by Gasteiger charge is -2.37. The van der Waals surface area contributed by atoms with Crippen molar-refractivity contribution in [2.75, 3.05) is 15.1 Å². The molecule has 1 N–H and O–H groups in total. The zero-order valence-corrected chi connectivity index (χ0v) is 39.8. The Bertz CT molecular complexity index is 3650. The zero-order valence-electron chi connectivity index (χ0n) is 39.8. The fraction of sp³-hybridized carbons (Fsp3) is 0.0769. The van der Waals surface area contributed by atoms with E-state index < -0.39 is 0 Å². The first kappa shape index (κ1) is 42.8. The lowest BCUT2D eigenvalue weighted by atomic mass is 9.57. The number of benzene rings is 10. The highest BCUT2D eigenvalue weighted by atomic mass is 16.3. The molecule has 70 heavy (non-hydrogen) atoms. The van der Waals surface area contributed by atoms with E-state index in [1.807, 2.05) is 0 Å². The van der Waals surface area contributed by atoms with Crippen LogP contribution in [0.5, 0.6) is 0 Å². The SMILES string of the molecule is Cc1cc(C(C)(C)C)ccc1N1c2cc(-c3ccccc3)ccc2[B]c2c(-c3cc(N(c4ccccc4)c4ccccc4)ccc3Nc3ccc(-c4ccccc4)cc3)cc3oc4ccccc4c3c21. The van der Waals surface area contributed by atoms with Gasteiger partial charge in [-0.15, -0.1) is 0 Å². The molecule has 1 aromatic heterocycles. The topological polar surface area (TPSA) is 31.6 Å². The molecule has 0 atom stereocenters. The van der Waals surface area contributed by atoms with E-state index in [4.69, 9.17) is 4.42 Å². The minimum atomic E-state index is -0.0138. The van der Waals surface area contributed by atoms with Crippen LogP contribution in [0.3, 0.4) is 0 Å². The standard InChI is InChI=1S/C65H51BN3O/c1-43-39-48(65(2,3)4)32-38-58(43)69-59-40-47(45-21-11-6-12-22-45)31-36-56(59)66-63-55(42-61-62(64(63)69)53-27-17-18-28-60(53)70-61)54-41-52(68(50-23-13-7-14-24-50)51-25-15-8-16-26-51)35-37-57(54)67-49-33-29-46(30-34-49)44-19-9-5-10-20-44/h5-42,67H,1-4H3. The van der Waals surface area contributed by atoms with Crippen molar-refractivity contribution in [3.8, 4) is 33.4 Å². The summed E-state index contributed by atoms with van der Waals surface area (Å²) in [6.45, 7) is 9.12. The summed E-state index contributed by atoms with van der Waals surface area (Å²) in [5.74, 6) is 0. The maximum Gasteiger partial charge on any atom is 0.197 e. The highest BCUT2D eigenvalue weighted by molar-refractivity contribution is 6.74. The number of nitrogens with zero attached hydrogens (tertiary/aromatic N) is 2. The molecule has 11 aromatic rings. The minimum Gasteiger partial charge on any atom is -0.456 e. The Morgan fingerprint density at radius 3 is 1.74 bits per heavy atom. The number of nitrogens with one attached hydrogen (secondary N) is 1. The minimum absolute atomic E-state index is 0.0138. The summed E-state index contributed by atoms with van der Waals surface area (Å²) >= 11 is 0. The van der Waals surface area contributed by atoms with E-state index in [-0.39, 0.29) is 5.41 Å². The van der Waals surface area contributed by atoms with Gasteiger partial charge in [0.15, 0.2) is 7.28 Å². The fourth-order valence-corrected chi connectivity index (χ4v) is 10.2. The molecular weight excluding hydrogens is 850 g/mol. The second kappa shape index (κ2) is 17.5. The first-order valence-electron chi connectivity index (χ1n) is 24.2. The maximum absolute atomic E-state index is 7.00. The summed E-state index contributed by atoms with van der Waals surface area (Å²) in [5, 5.41) is 6.08. The van der Waals surface area contributed by atoms with Gasteiger partial charge in [0.2, 0.25) is 0 Å². The molecule has 0 saturated carbocycles. The van der Waals surface area contributed by atoms with E-state index in [0.29, 0.717) is 0 Å². The van der Waals surface area contributed by atoms with Crippen LogP contribution >= 0.6 is 0 Å². The molecule has 1 aliphatic rings. The van der Waals surface area contributed by atoms with Crippen molar-refractivity contribution < 1.29 is 4.42 Å². The van der Waals surface area contributed by atoms with Crippen LogP contribution in [0, 0.1) is 6.92 Å². The monoisotopic (exact) mass is 900 g/mol. The van der Waals surface area contributed by atoms with E-state index in [2.05, 4.69) is 281 Å². The van der Waals surface area contributed by atoms with Gasteiger partial charge < -0.3 is 19.5 Å². The van der Waals surface area contributed by atoms with Gasteiger partial charge in [0, 0.05) is 50.8 Å². The molecule has 0 fully saturated rings. The number of aryl methyl sites for hydroxylation is 1. The molecule has 0 aliphatic carbocycles. The van der Waals surface area contributed by atoms with Crippen LogP contribution in [0.15, 0.2) is 235 Å². The largest absolute Gasteiger partial charge is 0.456 e. The van der Waals surface area contributed by atoms with Gasteiger partial charge >= 0.3 is 0 Å². The molecule has 4 nitrogen and oxygen atoms in total. The van der Waals surface area contributed by atoms with Crippen LogP contribution in [0.4, 0.5) is 45.5 Å². The van der Waals surface area contributed by atoms with E-state index >= 15 is 0 Å². The molecule has 0 unspecified atom stereocenters. The molecule has 12 rings (SSSR count). The smallest absolute Gasteiger partial charge is 0.197 e. The average molecular weight is 901 g/mol. The Kier molecular flexibility index (Phi) is 10.7. The number of hydrogen-bond acceptors (Lipinski definition) is 4. The first-order chi connectivity index (χ1) is 34.2. The van der Waals surface area contributed by atoms with Crippen molar-refractivity contribution in [1.29, 1.82) is 0 Å². The Labute approximate surface area is 411 Å². The lowest BCUT2D eigenvalue weighted by molar-refractivity contribution is 0.590. The second-order valence-corrected chi connectivity index (χ2v) is 19.3. The predicted octanol–water partition coefficient (Wildman–Crippen LogP) is 16.8. The predicted molar refractivity (Wildman–Crippen MR) is 298 cm³/mol. The second-order valence-electron chi connectivity index (χ2n) is 19.3. The summed E-state index contributed by atoms with van der Waals surface area (Å²) in [6, 6.07) is 82.8. The van der Waals surface area contributed by atoms with Gasteiger partial charge in [0.1, 0.15) is 11.2 Å². The van der Waals surface area contributed by atoms with Gasteiger partial charge in [-0.05, 0) is 136 Å². The van der Waals surface area contributed by atoms with Crippen LogP contribution in [-0.2, 0) is 5.41 Å². The Morgan fingerprint density at radius 1 is 0.486 bits per heavy atom.